The molecule has 0 saturated carbocycles. The first-order chi connectivity index (χ1) is 11.6. The van der Waals surface area contributed by atoms with Crippen molar-refractivity contribution in [3.63, 3.8) is 0 Å². The molecule has 0 radical (unpaired) electrons. The van der Waals surface area contributed by atoms with E-state index in [9.17, 15) is 9.90 Å². The Morgan fingerprint density at radius 3 is 2.17 bits per heavy atom. The molecule has 1 aliphatic heterocycles. The number of aliphatic hydroxyl groups is 1. The summed E-state index contributed by atoms with van der Waals surface area (Å²) in [6.07, 6.45) is 1.36. The van der Waals surface area contributed by atoms with Crippen LogP contribution in [0.3, 0.4) is 0 Å². The number of piperidine rings is 1. The van der Waals surface area contributed by atoms with Gasteiger partial charge in [-0.3, -0.25) is 4.79 Å². The maximum atomic E-state index is 12.5. The van der Waals surface area contributed by atoms with Crippen LogP contribution in [0.25, 0.3) is 0 Å². The average molecular weight is 323 g/mol. The summed E-state index contributed by atoms with van der Waals surface area (Å²) >= 11 is 0. The molecular formula is C21H25NO2. The van der Waals surface area contributed by atoms with E-state index < -0.39 is 6.10 Å². The molecule has 1 aliphatic rings. The molecule has 1 heterocycles. The smallest absolute Gasteiger partial charge is 0.225 e. The molecule has 2 aromatic rings. The Balaban J connectivity index is 1.57. The number of nitrogens with zero attached hydrogens (tertiary/aromatic N) is 1. The van der Waals surface area contributed by atoms with Gasteiger partial charge in [0.05, 0.1) is 12.5 Å². The third kappa shape index (κ3) is 3.68. The van der Waals surface area contributed by atoms with Crippen molar-refractivity contribution < 1.29 is 9.90 Å². The van der Waals surface area contributed by atoms with E-state index in [1.165, 1.54) is 5.56 Å². The SMILES string of the molecule is CC1(c2ccccc2)CCN(C(=O)CC(O)c2ccccc2)CC1. The van der Waals surface area contributed by atoms with Gasteiger partial charge in [-0.15, -0.1) is 0 Å². The highest BCUT2D eigenvalue weighted by atomic mass is 16.3. The van der Waals surface area contributed by atoms with Gasteiger partial charge in [0.1, 0.15) is 0 Å². The van der Waals surface area contributed by atoms with Gasteiger partial charge >= 0.3 is 0 Å². The van der Waals surface area contributed by atoms with Crippen molar-refractivity contribution in [2.45, 2.75) is 37.7 Å². The number of rotatable bonds is 4. The molecule has 1 saturated heterocycles. The summed E-state index contributed by atoms with van der Waals surface area (Å²) in [7, 11) is 0. The van der Waals surface area contributed by atoms with Crippen molar-refractivity contribution in [3.8, 4) is 0 Å². The summed E-state index contributed by atoms with van der Waals surface area (Å²) in [4.78, 5) is 14.4. The molecule has 0 bridgehead atoms. The average Bonchev–Trinajstić information content (AvgIpc) is 2.63. The summed E-state index contributed by atoms with van der Waals surface area (Å²) in [6, 6.07) is 19.9. The standard InChI is InChI=1S/C21H25NO2/c1-21(18-10-6-3-7-11-18)12-14-22(15-13-21)20(24)16-19(23)17-8-4-2-5-9-17/h2-11,19,23H,12-16H2,1H3. The number of benzene rings is 2. The number of aliphatic hydroxyl groups excluding tert-OH is 1. The second-order valence-electron chi connectivity index (χ2n) is 6.94. The van der Waals surface area contributed by atoms with Crippen molar-refractivity contribution in [2.75, 3.05) is 13.1 Å². The van der Waals surface area contributed by atoms with Crippen molar-refractivity contribution >= 4 is 5.91 Å². The lowest BCUT2D eigenvalue weighted by Crippen LogP contribution is -2.44. The predicted octanol–water partition coefficient (Wildman–Crippen LogP) is 3.69. The van der Waals surface area contributed by atoms with E-state index in [1.807, 2.05) is 41.3 Å². The van der Waals surface area contributed by atoms with Gasteiger partial charge in [-0.05, 0) is 29.4 Å². The highest BCUT2D eigenvalue weighted by molar-refractivity contribution is 5.77. The Bertz CT molecular complexity index is 661. The predicted molar refractivity (Wildman–Crippen MR) is 95.6 cm³/mol. The number of carbonyl (C=O) groups is 1. The molecular weight excluding hydrogens is 298 g/mol. The topological polar surface area (TPSA) is 40.5 Å². The van der Waals surface area contributed by atoms with Gasteiger partial charge in [-0.1, -0.05) is 67.6 Å². The summed E-state index contributed by atoms with van der Waals surface area (Å²) in [5, 5.41) is 10.3. The highest BCUT2D eigenvalue weighted by Gasteiger charge is 2.33. The van der Waals surface area contributed by atoms with E-state index in [-0.39, 0.29) is 17.7 Å². The van der Waals surface area contributed by atoms with E-state index in [2.05, 4.69) is 31.2 Å². The summed E-state index contributed by atoms with van der Waals surface area (Å²) in [6.45, 7) is 3.79. The monoisotopic (exact) mass is 323 g/mol. The number of carbonyl (C=O) groups excluding carboxylic acids is 1. The van der Waals surface area contributed by atoms with Crippen LogP contribution in [0, 0.1) is 0 Å². The van der Waals surface area contributed by atoms with Gasteiger partial charge in [-0.25, -0.2) is 0 Å². The zero-order chi connectivity index (χ0) is 17.0. The molecule has 1 amide bonds. The van der Waals surface area contributed by atoms with Crippen LogP contribution < -0.4 is 0 Å². The summed E-state index contributed by atoms with van der Waals surface area (Å²) in [5.74, 6) is 0.0430. The molecule has 0 spiro atoms. The van der Waals surface area contributed by atoms with Crippen LogP contribution in [-0.4, -0.2) is 29.0 Å². The van der Waals surface area contributed by atoms with Gasteiger partial charge in [0.25, 0.3) is 0 Å². The molecule has 1 fully saturated rings. The summed E-state index contributed by atoms with van der Waals surface area (Å²) < 4.78 is 0. The number of likely N-dealkylation sites (tertiary alicyclic amines) is 1. The fourth-order valence-electron chi connectivity index (χ4n) is 3.47. The van der Waals surface area contributed by atoms with E-state index in [1.54, 1.807) is 0 Å². The Hall–Kier alpha value is -2.13. The van der Waals surface area contributed by atoms with E-state index in [0.717, 1.165) is 31.5 Å². The fraction of sp³-hybridized carbons (Fsp3) is 0.381. The zero-order valence-corrected chi connectivity index (χ0v) is 14.2. The third-order valence-electron chi connectivity index (χ3n) is 5.24. The Kier molecular flexibility index (Phi) is 5.00. The first kappa shape index (κ1) is 16.7. The van der Waals surface area contributed by atoms with Gasteiger partial charge in [0, 0.05) is 13.1 Å². The zero-order valence-electron chi connectivity index (χ0n) is 14.2. The highest BCUT2D eigenvalue weighted by Crippen LogP contribution is 2.35. The Labute approximate surface area is 143 Å². The second kappa shape index (κ2) is 7.18. The molecule has 3 nitrogen and oxygen atoms in total. The van der Waals surface area contributed by atoms with Crippen LogP contribution in [-0.2, 0) is 10.2 Å². The first-order valence-corrected chi connectivity index (χ1v) is 8.65. The minimum Gasteiger partial charge on any atom is -0.388 e. The van der Waals surface area contributed by atoms with Crippen LogP contribution in [0.2, 0.25) is 0 Å². The van der Waals surface area contributed by atoms with Gasteiger partial charge in [0.2, 0.25) is 5.91 Å². The van der Waals surface area contributed by atoms with E-state index in [0.29, 0.717) is 0 Å². The van der Waals surface area contributed by atoms with Crippen LogP contribution in [0.1, 0.15) is 43.4 Å². The molecule has 0 aliphatic carbocycles. The normalized spacial score (nSPS) is 18.2. The molecule has 3 rings (SSSR count). The lowest BCUT2D eigenvalue weighted by atomic mass is 9.74. The molecule has 1 unspecified atom stereocenters. The number of amides is 1. The van der Waals surface area contributed by atoms with E-state index in [4.69, 9.17) is 0 Å². The number of hydrogen-bond acceptors (Lipinski definition) is 2. The summed E-state index contributed by atoms with van der Waals surface area (Å²) in [5.41, 5.74) is 2.29. The van der Waals surface area contributed by atoms with Gasteiger partial charge in [0.15, 0.2) is 0 Å². The van der Waals surface area contributed by atoms with Crippen LogP contribution in [0.5, 0.6) is 0 Å². The minimum absolute atomic E-state index is 0.0430. The molecule has 126 valence electrons. The van der Waals surface area contributed by atoms with Crippen LogP contribution >= 0.6 is 0 Å². The second-order valence-corrected chi connectivity index (χ2v) is 6.94. The van der Waals surface area contributed by atoms with E-state index >= 15 is 0 Å². The first-order valence-electron chi connectivity index (χ1n) is 8.65. The number of hydrogen-bond donors (Lipinski definition) is 1. The third-order valence-corrected chi connectivity index (χ3v) is 5.24. The molecule has 2 aromatic carbocycles. The molecule has 1 atom stereocenters. The largest absolute Gasteiger partial charge is 0.388 e. The van der Waals surface area contributed by atoms with Crippen molar-refractivity contribution in [3.05, 3.63) is 71.8 Å². The van der Waals surface area contributed by atoms with Gasteiger partial charge < -0.3 is 10.0 Å². The maximum Gasteiger partial charge on any atom is 0.225 e. The van der Waals surface area contributed by atoms with Crippen molar-refractivity contribution in [1.29, 1.82) is 0 Å². The Morgan fingerprint density at radius 1 is 1.04 bits per heavy atom. The molecule has 1 N–H and O–H groups in total. The van der Waals surface area contributed by atoms with Crippen molar-refractivity contribution in [1.82, 2.24) is 4.90 Å². The van der Waals surface area contributed by atoms with Crippen LogP contribution in [0.15, 0.2) is 60.7 Å². The van der Waals surface area contributed by atoms with Crippen molar-refractivity contribution in [2.24, 2.45) is 0 Å². The molecule has 3 heteroatoms. The fourth-order valence-corrected chi connectivity index (χ4v) is 3.47. The quantitative estimate of drug-likeness (QED) is 0.932. The van der Waals surface area contributed by atoms with Gasteiger partial charge in [-0.2, -0.15) is 0 Å². The lowest BCUT2D eigenvalue weighted by Gasteiger charge is -2.40. The van der Waals surface area contributed by atoms with Crippen LogP contribution in [0.4, 0.5) is 0 Å². The lowest BCUT2D eigenvalue weighted by molar-refractivity contribution is -0.134. The molecule has 0 aromatic heterocycles. The molecule has 24 heavy (non-hydrogen) atoms. The minimum atomic E-state index is -0.721. The Morgan fingerprint density at radius 2 is 1.58 bits per heavy atom. The maximum absolute atomic E-state index is 12.5.